The molecule has 7 heteroatoms. The third kappa shape index (κ3) is 2.56. The van der Waals surface area contributed by atoms with E-state index < -0.39 is 5.97 Å². The van der Waals surface area contributed by atoms with Gasteiger partial charge in [-0.15, -0.1) is 0 Å². The minimum Gasteiger partial charge on any atom is -0.478 e. The molecule has 0 atom stereocenters. The molecule has 0 saturated heterocycles. The van der Waals surface area contributed by atoms with Gasteiger partial charge in [-0.05, 0) is 6.07 Å². The maximum Gasteiger partial charge on any atom is 0.339 e. The molecule has 2 heterocycles. The van der Waals surface area contributed by atoms with Gasteiger partial charge in [0.25, 0.3) is 5.19 Å². The van der Waals surface area contributed by atoms with Crippen LogP contribution in [0.2, 0.25) is 0 Å². The standard InChI is InChI=1S/C10H9N3O3S/c1-2-8-12-10(17-13-8)16-7-5-11-4-3-6(7)9(14)15/h3-5H,2H2,1H3,(H,14,15). The molecule has 2 aromatic rings. The molecule has 17 heavy (non-hydrogen) atoms. The molecular formula is C10H9N3O3S. The minimum atomic E-state index is -1.07. The van der Waals surface area contributed by atoms with Crippen LogP contribution in [0.15, 0.2) is 18.5 Å². The van der Waals surface area contributed by atoms with E-state index >= 15 is 0 Å². The molecule has 0 unspecified atom stereocenters. The molecule has 2 rings (SSSR count). The van der Waals surface area contributed by atoms with Gasteiger partial charge in [0.2, 0.25) is 0 Å². The molecule has 0 aliphatic carbocycles. The lowest BCUT2D eigenvalue weighted by Gasteiger charge is -2.03. The fraction of sp³-hybridized carbons (Fsp3) is 0.200. The third-order valence-electron chi connectivity index (χ3n) is 1.98. The number of aromatic carboxylic acids is 1. The molecule has 0 aliphatic rings. The highest BCUT2D eigenvalue weighted by molar-refractivity contribution is 7.07. The Morgan fingerprint density at radius 3 is 3.06 bits per heavy atom. The fourth-order valence-corrected chi connectivity index (χ4v) is 1.78. The number of pyridine rings is 1. The van der Waals surface area contributed by atoms with Crippen LogP contribution in [0.1, 0.15) is 23.1 Å². The van der Waals surface area contributed by atoms with Gasteiger partial charge in [-0.25, -0.2) is 4.79 Å². The van der Waals surface area contributed by atoms with Crippen LogP contribution in [-0.4, -0.2) is 25.4 Å². The van der Waals surface area contributed by atoms with E-state index in [1.165, 1.54) is 18.5 Å². The SMILES string of the molecule is CCc1nsc(Oc2cnccc2C(=O)O)n1. The summed E-state index contributed by atoms with van der Waals surface area (Å²) < 4.78 is 9.40. The molecule has 0 saturated carbocycles. The molecule has 0 fully saturated rings. The summed E-state index contributed by atoms with van der Waals surface area (Å²) >= 11 is 1.09. The normalized spacial score (nSPS) is 10.2. The van der Waals surface area contributed by atoms with Gasteiger partial charge in [0, 0.05) is 24.2 Å². The van der Waals surface area contributed by atoms with Crippen molar-refractivity contribution in [3.63, 3.8) is 0 Å². The number of aromatic nitrogens is 3. The molecule has 88 valence electrons. The molecule has 0 aliphatic heterocycles. The maximum atomic E-state index is 10.9. The van der Waals surface area contributed by atoms with Crippen LogP contribution in [0.25, 0.3) is 0 Å². The van der Waals surface area contributed by atoms with Gasteiger partial charge in [0.05, 0.1) is 6.20 Å². The maximum absolute atomic E-state index is 10.9. The number of carboxylic acid groups (broad SMARTS) is 1. The Balaban J connectivity index is 2.26. The fourth-order valence-electron chi connectivity index (χ4n) is 1.16. The average Bonchev–Trinajstić information content (AvgIpc) is 2.77. The number of aryl methyl sites for hydroxylation is 1. The largest absolute Gasteiger partial charge is 0.478 e. The molecule has 0 bridgehead atoms. The predicted octanol–water partition coefficient (Wildman–Crippen LogP) is 1.99. The van der Waals surface area contributed by atoms with E-state index in [0.29, 0.717) is 17.4 Å². The lowest BCUT2D eigenvalue weighted by molar-refractivity contribution is 0.0694. The number of hydrogen-bond donors (Lipinski definition) is 1. The van der Waals surface area contributed by atoms with E-state index in [4.69, 9.17) is 9.84 Å². The van der Waals surface area contributed by atoms with Crippen molar-refractivity contribution in [2.45, 2.75) is 13.3 Å². The van der Waals surface area contributed by atoms with Gasteiger partial charge in [-0.1, -0.05) is 6.92 Å². The summed E-state index contributed by atoms with van der Waals surface area (Å²) in [6.45, 7) is 1.93. The van der Waals surface area contributed by atoms with E-state index in [0.717, 1.165) is 11.5 Å². The van der Waals surface area contributed by atoms with E-state index in [2.05, 4.69) is 14.3 Å². The molecular weight excluding hydrogens is 242 g/mol. The van der Waals surface area contributed by atoms with E-state index in [9.17, 15) is 4.79 Å². The zero-order chi connectivity index (χ0) is 12.3. The summed E-state index contributed by atoms with van der Waals surface area (Å²) in [6, 6.07) is 1.37. The predicted molar refractivity (Wildman–Crippen MR) is 60.6 cm³/mol. The third-order valence-corrected chi connectivity index (χ3v) is 2.61. The number of carboxylic acids is 1. The average molecular weight is 251 g/mol. The van der Waals surface area contributed by atoms with Crippen molar-refractivity contribution in [3.05, 3.63) is 29.8 Å². The summed E-state index contributed by atoms with van der Waals surface area (Å²) in [4.78, 5) is 18.8. The molecule has 0 spiro atoms. The van der Waals surface area contributed by atoms with Gasteiger partial charge in [0.15, 0.2) is 5.75 Å². The topological polar surface area (TPSA) is 85.2 Å². The smallest absolute Gasteiger partial charge is 0.339 e. The zero-order valence-corrected chi connectivity index (χ0v) is 9.77. The molecule has 6 nitrogen and oxygen atoms in total. The summed E-state index contributed by atoms with van der Waals surface area (Å²) in [5.74, 6) is -0.229. The quantitative estimate of drug-likeness (QED) is 0.894. The highest BCUT2D eigenvalue weighted by Gasteiger charge is 2.13. The number of rotatable bonds is 4. The van der Waals surface area contributed by atoms with Crippen molar-refractivity contribution < 1.29 is 14.6 Å². The second-order valence-corrected chi connectivity index (χ2v) is 3.82. The molecule has 2 aromatic heterocycles. The number of hydrogen-bond acceptors (Lipinski definition) is 6. The summed E-state index contributed by atoms with van der Waals surface area (Å²) in [7, 11) is 0. The van der Waals surface area contributed by atoms with Crippen LogP contribution in [-0.2, 0) is 6.42 Å². The molecule has 0 amide bonds. The van der Waals surface area contributed by atoms with Crippen molar-refractivity contribution in [1.29, 1.82) is 0 Å². The second-order valence-electron chi connectivity index (χ2n) is 3.11. The first-order valence-electron chi connectivity index (χ1n) is 4.88. The van der Waals surface area contributed by atoms with Crippen LogP contribution < -0.4 is 4.74 Å². The summed E-state index contributed by atoms with van der Waals surface area (Å²) in [5.41, 5.74) is 0.0493. The summed E-state index contributed by atoms with van der Waals surface area (Å²) in [6.07, 6.45) is 3.45. The van der Waals surface area contributed by atoms with Crippen LogP contribution in [0.4, 0.5) is 0 Å². The highest BCUT2D eigenvalue weighted by Crippen LogP contribution is 2.25. The first kappa shape index (κ1) is 11.5. The lowest BCUT2D eigenvalue weighted by Crippen LogP contribution is -2.00. The number of ether oxygens (including phenoxy) is 1. The molecule has 0 radical (unpaired) electrons. The van der Waals surface area contributed by atoms with Crippen molar-refractivity contribution in [2.24, 2.45) is 0 Å². The molecule has 0 aromatic carbocycles. The Labute approximate surface area is 101 Å². The van der Waals surface area contributed by atoms with Gasteiger partial charge in [-0.2, -0.15) is 9.36 Å². The number of carbonyl (C=O) groups is 1. The van der Waals surface area contributed by atoms with Crippen molar-refractivity contribution >= 4 is 17.5 Å². The van der Waals surface area contributed by atoms with Crippen molar-refractivity contribution in [3.8, 4) is 10.9 Å². The van der Waals surface area contributed by atoms with Crippen LogP contribution >= 0.6 is 11.5 Å². The van der Waals surface area contributed by atoms with Crippen molar-refractivity contribution in [1.82, 2.24) is 14.3 Å². The Morgan fingerprint density at radius 2 is 2.41 bits per heavy atom. The monoisotopic (exact) mass is 251 g/mol. The van der Waals surface area contributed by atoms with Crippen molar-refractivity contribution in [2.75, 3.05) is 0 Å². The molecule has 1 N–H and O–H groups in total. The van der Waals surface area contributed by atoms with E-state index in [-0.39, 0.29) is 11.3 Å². The van der Waals surface area contributed by atoms with Gasteiger partial charge in [0.1, 0.15) is 11.4 Å². The first-order chi connectivity index (χ1) is 8.20. The van der Waals surface area contributed by atoms with Gasteiger partial charge < -0.3 is 9.84 Å². The summed E-state index contributed by atoms with van der Waals surface area (Å²) in [5, 5.41) is 9.27. The van der Waals surface area contributed by atoms with Crippen LogP contribution in [0.3, 0.4) is 0 Å². The number of nitrogens with zero attached hydrogens (tertiary/aromatic N) is 3. The Hall–Kier alpha value is -2.02. The Bertz CT molecular complexity index is 541. The Morgan fingerprint density at radius 1 is 1.59 bits per heavy atom. The van der Waals surface area contributed by atoms with E-state index in [1.807, 2.05) is 6.92 Å². The Kier molecular flexibility index (Phi) is 3.29. The second kappa shape index (κ2) is 4.88. The van der Waals surface area contributed by atoms with Crippen LogP contribution in [0.5, 0.6) is 10.9 Å². The van der Waals surface area contributed by atoms with Crippen LogP contribution in [0, 0.1) is 0 Å². The van der Waals surface area contributed by atoms with Gasteiger partial charge in [-0.3, -0.25) is 4.98 Å². The zero-order valence-electron chi connectivity index (χ0n) is 8.95. The van der Waals surface area contributed by atoms with Gasteiger partial charge >= 0.3 is 5.97 Å². The first-order valence-corrected chi connectivity index (χ1v) is 5.65. The van der Waals surface area contributed by atoms with E-state index in [1.54, 1.807) is 0 Å². The highest BCUT2D eigenvalue weighted by atomic mass is 32.1. The lowest BCUT2D eigenvalue weighted by atomic mass is 10.2. The minimum absolute atomic E-state index is 0.0493.